The van der Waals surface area contributed by atoms with Crippen LogP contribution in [0.15, 0.2) is 24.3 Å². The van der Waals surface area contributed by atoms with Crippen molar-refractivity contribution < 1.29 is 9.78 Å². The van der Waals surface area contributed by atoms with Crippen LogP contribution in [0.4, 0.5) is 0 Å². The standard InChI is InChI=1S/C11H16O2/c1-11(2,3)9-6-4-8-5-7-10(9)13-12-8/h4-10H,1-3H3/t8-,9?,10-/m1/s1. The minimum atomic E-state index is 0.0172. The SMILES string of the molecule is CC(C)(C)C1C=C[C@@H]2C=C[C@H]1OO2. The van der Waals surface area contributed by atoms with Gasteiger partial charge >= 0.3 is 0 Å². The van der Waals surface area contributed by atoms with Gasteiger partial charge in [0.05, 0.1) is 0 Å². The molecular formula is C11H16O2. The molecule has 3 aliphatic rings. The van der Waals surface area contributed by atoms with E-state index in [1.54, 1.807) is 0 Å². The second-order valence-corrected chi connectivity index (χ2v) is 4.78. The first-order chi connectivity index (χ1) is 6.07. The molecule has 13 heavy (non-hydrogen) atoms. The Morgan fingerprint density at radius 2 is 1.62 bits per heavy atom. The van der Waals surface area contributed by atoms with E-state index in [1.165, 1.54) is 0 Å². The van der Waals surface area contributed by atoms with Crippen molar-refractivity contribution in [1.82, 2.24) is 0 Å². The second kappa shape index (κ2) is 2.96. The van der Waals surface area contributed by atoms with Crippen molar-refractivity contribution >= 4 is 0 Å². The van der Waals surface area contributed by atoms with Crippen molar-refractivity contribution in [2.75, 3.05) is 0 Å². The van der Waals surface area contributed by atoms with Crippen LogP contribution in [-0.4, -0.2) is 12.2 Å². The summed E-state index contributed by atoms with van der Waals surface area (Å²) in [6.07, 6.45) is 8.53. The zero-order chi connectivity index (χ0) is 9.47. The van der Waals surface area contributed by atoms with Crippen LogP contribution in [0.3, 0.4) is 0 Å². The molecule has 2 aliphatic heterocycles. The van der Waals surface area contributed by atoms with Crippen molar-refractivity contribution in [2.45, 2.75) is 33.0 Å². The molecule has 0 amide bonds. The molecule has 1 unspecified atom stereocenters. The third-order valence-corrected chi connectivity index (χ3v) is 2.63. The normalized spacial score (nSPS) is 37.9. The number of rotatable bonds is 0. The van der Waals surface area contributed by atoms with Crippen LogP contribution in [0.1, 0.15) is 20.8 Å². The summed E-state index contributed by atoms with van der Waals surface area (Å²) in [5, 5.41) is 0. The third-order valence-electron chi connectivity index (χ3n) is 2.63. The molecule has 0 saturated carbocycles. The van der Waals surface area contributed by atoms with E-state index in [2.05, 4.69) is 45.1 Å². The van der Waals surface area contributed by atoms with Gasteiger partial charge in [0.25, 0.3) is 0 Å². The van der Waals surface area contributed by atoms with Crippen LogP contribution >= 0.6 is 0 Å². The molecule has 0 radical (unpaired) electrons. The topological polar surface area (TPSA) is 18.5 Å². The van der Waals surface area contributed by atoms with Crippen LogP contribution in [0.5, 0.6) is 0 Å². The summed E-state index contributed by atoms with van der Waals surface area (Å²) < 4.78 is 0. The highest BCUT2D eigenvalue weighted by molar-refractivity contribution is 5.16. The first-order valence-electron chi connectivity index (χ1n) is 4.76. The van der Waals surface area contributed by atoms with Crippen LogP contribution in [0, 0.1) is 11.3 Å². The molecule has 2 heteroatoms. The number of hydrogen-bond acceptors (Lipinski definition) is 2. The highest BCUT2D eigenvalue weighted by Gasteiger charge is 2.34. The first kappa shape index (κ1) is 8.97. The van der Waals surface area contributed by atoms with Crippen LogP contribution < -0.4 is 0 Å². The highest BCUT2D eigenvalue weighted by atomic mass is 17.2. The molecule has 0 saturated heterocycles. The van der Waals surface area contributed by atoms with Gasteiger partial charge in [-0.05, 0) is 5.41 Å². The predicted molar refractivity (Wildman–Crippen MR) is 51.0 cm³/mol. The molecule has 0 aromatic carbocycles. The van der Waals surface area contributed by atoms with Crippen molar-refractivity contribution in [3.05, 3.63) is 24.3 Å². The Morgan fingerprint density at radius 3 is 2.15 bits per heavy atom. The summed E-state index contributed by atoms with van der Waals surface area (Å²) in [6, 6.07) is 0. The molecule has 0 aromatic heterocycles. The average Bonchev–Trinajstić information content (AvgIpc) is 2.34. The largest absolute Gasteiger partial charge is 0.228 e. The molecule has 72 valence electrons. The number of fused-ring (bicyclic) bond motifs is 2. The summed E-state index contributed by atoms with van der Waals surface area (Å²) in [5.41, 5.74) is 0.216. The zero-order valence-electron chi connectivity index (χ0n) is 8.36. The highest BCUT2D eigenvalue weighted by Crippen LogP contribution is 2.35. The molecule has 2 heterocycles. The maximum absolute atomic E-state index is 5.29. The van der Waals surface area contributed by atoms with Gasteiger partial charge in [-0.2, -0.15) is 0 Å². The van der Waals surface area contributed by atoms with Crippen molar-refractivity contribution in [3.8, 4) is 0 Å². The Balaban J connectivity index is 2.26. The molecular weight excluding hydrogens is 164 g/mol. The van der Waals surface area contributed by atoms with Crippen LogP contribution in [-0.2, 0) is 9.78 Å². The third kappa shape index (κ3) is 1.69. The van der Waals surface area contributed by atoms with Gasteiger partial charge in [-0.25, -0.2) is 9.78 Å². The van der Waals surface area contributed by atoms with Gasteiger partial charge in [0.15, 0.2) is 0 Å². The van der Waals surface area contributed by atoms with E-state index in [4.69, 9.17) is 9.78 Å². The molecule has 2 bridgehead atoms. The molecule has 3 atom stereocenters. The van der Waals surface area contributed by atoms with Gasteiger partial charge in [0.1, 0.15) is 12.2 Å². The van der Waals surface area contributed by atoms with Gasteiger partial charge in [0.2, 0.25) is 0 Å². The Hall–Kier alpha value is -0.600. The van der Waals surface area contributed by atoms with E-state index >= 15 is 0 Å². The lowest BCUT2D eigenvalue weighted by Crippen LogP contribution is -2.32. The van der Waals surface area contributed by atoms with Gasteiger partial charge < -0.3 is 0 Å². The summed E-state index contributed by atoms with van der Waals surface area (Å²) >= 11 is 0. The van der Waals surface area contributed by atoms with Gasteiger partial charge in [-0.15, -0.1) is 0 Å². The van der Waals surface area contributed by atoms with Crippen LogP contribution in [0.25, 0.3) is 0 Å². The van der Waals surface area contributed by atoms with E-state index in [0.29, 0.717) is 5.92 Å². The molecule has 0 spiro atoms. The minimum Gasteiger partial charge on any atom is -0.228 e. The Kier molecular flexibility index (Phi) is 2.05. The van der Waals surface area contributed by atoms with E-state index in [0.717, 1.165) is 0 Å². The molecule has 0 N–H and O–H groups in total. The fourth-order valence-electron chi connectivity index (χ4n) is 1.81. The molecule has 0 aromatic rings. The summed E-state index contributed by atoms with van der Waals surface area (Å²) in [6.45, 7) is 6.66. The van der Waals surface area contributed by atoms with Crippen molar-refractivity contribution in [2.24, 2.45) is 11.3 Å². The summed E-state index contributed by atoms with van der Waals surface area (Å²) in [4.78, 5) is 10.4. The molecule has 3 rings (SSSR count). The van der Waals surface area contributed by atoms with Gasteiger partial charge in [0, 0.05) is 5.92 Å². The van der Waals surface area contributed by atoms with Crippen molar-refractivity contribution in [3.63, 3.8) is 0 Å². The lowest BCUT2D eigenvalue weighted by atomic mass is 9.77. The summed E-state index contributed by atoms with van der Waals surface area (Å²) in [5.74, 6) is 0.399. The van der Waals surface area contributed by atoms with E-state index in [-0.39, 0.29) is 17.6 Å². The fourth-order valence-corrected chi connectivity index (χ4v) is 1.81. The maximum atomic E-state index is 5.29. The zero-order valence-corrected chi connectivity index (χ0v) is 8.36. The second-order valence-electron chi connectivity index (χ2n) is 4.78. The van der Waals surface area contributed by atoms with Gasteiger partial charge in [-0.3, -0.25) is 0 Å². The van der Waals surface area contributed by atoms with Crippen LogP contribution in [0.2, 0.25) is 0 Å². The Bertz CT molecular complexity index is 247. The lowest BCUT2D eigenvalue weighted by molar-refractivity contribution is -0.336. The monoisotopic (exact) mass is 180 g/mol. The minimum absolute atomic E-state index is 0.0172. The summed E-state index contributed by atoms with van der Waals surface area (Å²) in [7, 11) is 0. The molecule has 2 nitrogen and oxygen atoms in total. The smallest absolute Gasteiger partial charge is 0.129 e. The quantitative estimate of drug-likeness (QED) is 0.421. The Labute approximate surface area is 79.2 Å². The molecule has 0 fully saturated rings. The van der Waals surface area contributed by atoms with E-state index < -0.39 is 0 Å². The number of hydrogen-bond donors (Lipinski definition) is 0. The fraction of sp³-hybridized carbons (Fsp3) is 0.636. The van der Waals surface area contributed by atoms with Crippen molar-refractivity contribution in [1.29, 1.82) is 0 Å². The maximum Gasteiger partial charge on any atom is 0.129 e. The average molecular weight is 180 g/mol. The molecule has 1 aliphatic carbocycles. The van der Waals surface area contributed by atoms with E-state index in [9.17, 15) is 0 Å². The predicted octanol–water partition coefficient (Wildman–Crippen LogP) is 2.47. The van der Waals surface area contributed by atoms with E-state index in [1.807, 2.05) is 0 Å². The lowest BCUT2D eigenvalue weighted by Gasteiger charge is -2.32. The first-order valence-corrected chi connectivity index (χ1v) is 4.76. The van der Waals surface area contributed by atoms with Gasteiger partial charge in [-0.1, -0.05) is 45.1 Å². The Morgan fingerprint density at radius 1 is 0.923 bits per heavy atom.